The number of allylic oxidation sites excluding steroid dienone is 2. The molecule has 0 aromatic carbocycles. The predicted octanol–water partition coefficient (Wildman–Crippen LogP) is 4.22. The maximum atomic E-state index is 10.7. The molecular formula is C18H27N2O5. The largest absolute Gasteiger partial charge is 0.523 e. The second kappa shape index (κ2) is 14.1. The Labute approximate surface area is 149 Å². The third-order valence-corrected chi connectivity index (χ3v) is 3.83. The van der Waals surface area contributed by atoms with E-state index in [1.807, 2.05) is 6.08 Å². The van der Waals surface area contributed by atoms with Crippen LogP contribution in [0.1, 0.15) is 77.6 Å². The molecule has 0 aromatic rings. The lowest BCUT2D eigenvalue weighted by Gasteiger charge is -2.09. The summed E-state index contributed by atoms with van der Waals surface area (Å²) in [6.45, 7) is 2.16. The van der Waals surface area contributed by atoms with Crippen molar-refractivity contribution in [3.05, 3.63) is 32.4 Å². The number of hydrogen-bond donors (Lipinski definition) is 0. The summed E-state index contributed by atoms with van der Waals surface area (Å²) in [5.74, 6) is 6.23. The Balaban J connectivity index is 3.79. The van der Waals surface area contributed by atoms with Gasteiger partial charge in [0.25, 0.3) is 0 Å². The number of unbranched alkanes of at least 4 members (excludes halogenated alkanes) is 7. The molecule has 0 amide bonds. The van der Waals surface area contributed by atoms with Gasteiger partial charge in [-0.2, -0.15) is 0 Å². The molecular weight excluding hydrogens is 324 g/mol. The van der Waals surface area contributed by atoms with Crippen LogP contribution in [-0.4, -0.2) is 21.8 Å². The molecule has 0 bridgehead atoms. The first-order chi connectivity index (χ1) is 12.0. The zero-order valence-corrected chi connectivity index (χ0v) is 14.9. The van der Waals surface area contributed by atoms with Crippen molar-refractivity contribution in [2.24, 2.45) is 0 Å². The van der Waals surface area contributed by atoms with E-state index < -0.39 is 21.9 Å². The molecule has 0 aliphatic rings. The van der Waals surface area contributed by atoms with Gasteiger partial charge in [-0.15, -0.1) is 5.92 Å². The summed E-state index contributed by atoms with van der Waals surface area (Å²) in [6.07, 6.45) is 13.4. The van der Waals surface area contributed by atoms with Crippen LogP contribution in [0.2, 0.25) is 0 Å². The van der Waals surface area contributed by atoms with E-state index in [1.54, 1.807) is 0 Å². The van der Waals surface area contributed by atoms with E-state index >= 15 is 0 Å². The van der Waals surface area contributed by atoms with Crippen LogP contribution in [0.25, 0.3) is 0 Å². The summed E-state index contributed by atoms with van der Waals surface area (Å²) < 4.78 is 0. The van der Waals surface area contributed by atoms with Gasteiger partial charge in [-0.05, 0) is 25.7 Å². The minimum absolute atomic E-state index is 0.254. The summed E-state index contributed by atoms with van der Waals surface area (Å²) in [6, 6.07) is 0. The summed E-state index contributed by atoms with van der Waals surface area (Å²) in [7, 11) is 0. The maximum absolute atomic E-state index is 10.7. The van der Waals surface area contributed by atoms with E-state index in [0.717, 1.165) is 44.8 Å². The maximum Gasteiger partial charge on any atom is 0.523 e. The van der Waals surface area contributed by atoms with Crippen LogP contribution >= 0.6 is 0 Å². The highest BCUT2D eigenvalue weighted by molar-refractivity contribution is 5.59. The average molecular weight is 351 g/mol. The molecule has 0 aromatic heterocycles. The Hall–Kier alpha value is -2.23. The van der Waals surface area contributed by atoms with Crippen LogP contribution in [-0.2, 0) is 4.79 Å². The van der Waals surface area contributed by atoms with Gasteiger partial charge in [-0.25, -0.2) is 0 Å². The van der Waals surface area contributed by atoms with Gasteiger partial charge >= 0.3 is 11.9 Å². The minimum Gasteiger partial charge on any atom is -0.273 e. The van der Waals surface area contributed by atoms with Crippen LogP contribution in [0.15, 0.2) is 12.2 Å². The van der Waals surface area contributed by atoms with E-state index in [1.165, 1.54) is 12.8 Å². The summed E-state index contributed by atoms with van der Waals surface area (Å²) in [4.78, 5) is 29.8. The molecule has 0 rings (SSSR count). The first-order valence-corrected chi connectivity index (χ1v) is 8.80. The number of carbonyl (C=O) groups excluding carboxylic acids is 1. The Morgan fingerprint density at radius 1 is 0.920 bits per heavy atom. The normalized spacial score (nSPS) is 11.1. The van der Waals surface area contributed by atoms with E-state index in [4.69, 9.17) is 0 Å². The first kappa shape index (κ1) is 22.8. The SMILES string of the molecule is CCCCCC#CCC=CCCCCCCC([C]=O)([N+](=O)[O-])[N+](=O)[O-]. The first-order valence-electron chi connectivity index (χ1n) is 8.80. The Kier molecular flexibility index (Phi) is 12.9. The van der Waals surface area contributed by atoms with Crippen LogP contribution in [0, 0.1) is 32.1 Å². The van der Waals surface area contributed by atoms with E-state index in [-0.39, 0.29) is 6.42 Å². The van der Waals surface area contributed by atoms with Crippen molar-refractivity contribution in [3.63, 3.8) is 0 Å². The third-order valence-electron chi connectivity index (χ3n) is 3.83. The molecule has 0 saturated carbocycles. The molecule has 0 heterocycles. The second-order valence-corrected chi connectivity index (χ2v) is 5.87. The Morgan fingerprint density at radius 2 is 1.60 bits per heavy atom. The Bertz CT molecular complexity index is 491. The highest BCUT2D eigenvalue weighted by Crippen LogP contribution is 2.18. The van der Waals surface area contributed by atoms with Crippen molar-refractivity contribution in [3.8, 4) is 11.8 Å². The van der Waals surface area contributed by atoms with Gasteiger partial charge in [0.05, 0.1) is 6.42 Å². The molecule has 0 N–H and O–H groups in total. The molecule has 0 aliphatic heterocycles. The highest BCUT2D eigenvalue weighted by atomic mass is 16.7. The molecule has 7 heteroatoms. The van der Waals surface area contributed by atoms with Crippen LogP contribution in [0.4, 0.5) is 0 Å². The lowest BCUT2D eigenvalue weighted by Crippen LogP contribution is -2.47. The highest BCUT2D eigenvalue weighted by Gasteiger charge is 2.57. The van der Waals surface area contributed by atoms with Crippen LogP contribution in [0.3, 0.4) is 0 Å². The van der Waals surface area contributed by atoms with E-state index in [0.29, 0.717) is 6.42 Å². The van der Waals surface area contributed by atoms with Crippen molar-refractivity contribution in [2.45, 2.75) is 83.2 Å². The molecule has 0 aliphatic carbocycles. The van der Waals surface area contributed by atoms with Crippen LogP contribution in [0.5, 0.6) is 0 Å². The smallest absolute Gasteiger partial charge is 0.273 e. The summed E-state index contributed by atoms with van der Waals surface area (Å²) >= 11 is 0. The molecule has 25 heavy (non-hydrogen) atoms. The van der Waals surface area contributed by atoms with Gasteiger partial charge in [0.15, 0.2) is 0 Å². The van der Waals surface area contributed by atoms with Crippen molar-refractivity contribution < 1.29 is 14.6 Å². The summed E-state index contributed by atoms with van der Waals surface area (Å²) in [5.41, 5.74) is -2.81. The molecule has 1 radical (unpaired) electrons. The number of rotatable bonds is 14. The lowest BCUT2D eigenvalue weighted by molar-refractivity contribution is -0.772. The van der Waals surface area contributed by atoms with Crippen molar-refractivity contribution in [1.29, 1.82) is 0 Å². The fourth-order valence-corrected chi connectivity index (χ4v) is 2.25. The number of hydrogen-bond acceptors (Lipinski definition) is 5. The molecule has 0 atom stereocenters. The Morgan fingerprint density at radius 3 is 2.20 bits per heavy atom. The third kappa shape index (κ3) is 9.60. The van der Waals surface area contributed by atoms with Crippen molar-refractivity contribution in [2.75, 3.05) is 0 Å². The molecule has 0 unspecified atom stereocenters. The van der Waals surface area contributed by atoms with Crippen molar-refractivity contribution in [1.82, 2.24) is 0 Å². The predicted molar refractivity (Wildman–Crippen MR) is 95.8 cm³/mol. The summed E-state index contributed by atoms with van der Waals surface area (Å²) in [5, 5.41) is 21.5. The van der Waals surface area contributed by atoms with Gasteiger partial charge in [-0.1, -0.05) is 50.7 Å². The van der Waals surface area contributed by atoms with Crippen molar-refractivity contribution >= 4 is 6.29 Å². The standard InChI is InChI=1S/C18H27N2O5/c1-2-3-4-5-6-7-8-9-10-11-12-13-14-15-16-18(17-21,19(22)23)20(24)25/h9-10H,2-5,8,11-16H2,1H3. The fourth-order valence-electron chi connectivity index (χ4n) is 2.25. The zero-order chi connectivity index (χ0) is 19.0. The second-order valence-electron chi connectivity index (χ2n) is 5.87. The monoisotopic (exact) mass is 351 g/mol. The molecule has 7 nitrogen and oxygen atoms in total. The molecule has 0 saturated heterocycles. The van der Waals surface area contributed by atoms with Gasteiger partial charge in [0.1, 0.15) is 9.85 Å². The molecule has 0 fully saturated rings. The van der Waals surface area contributed by atoms with Gasteiger partial charge in [-0.3, -0.25) is 25.0 Å². The number of nitrogens with zero attached hydrogens (tertiary/aromatic N) is 2. The van der Waals surface area contributed by atoms with Crippen LogP contribution < -0.4 is 0 Å². The number of nitro groups is 2. The van der Waals surface area contributed by atoms with Gasteiger partial charge < -0.3 is 0 Å². The van der Waals surface area contributed by atoms with E-state index in [2.05, 4.69) is 24.8 Å². The topological polar surface area (TPSA) is 103 Å². The van der Waals surface area contributed by atoms with Gasteiger partial charge in [0, 0.05) is 12.8 Å². The molecule has 0 spiro atoms. The minimum atomic E-state index is -2.81. The van der Waals surface area contributed by atoms with E-state index in [9.17, 15) is 25.0 Å². The quantitative estimate of drug-likeness (QED) is 0.116. The lowest BCUT2D eigenvalue weighted by atomic mass is 10.0. The molecule has 139 valence electrons. The van der Waals surface area contributed by atoms with Gasteiger partial charge in [0.2, 0.25) is 0 Å². The average Bonchev–Trinajstić information content (AvgIpc) is 2.58. The fraction of sp³-hybridized carbons (Fsp3) is 0.722. The zero-order valence-electron chi connectivity index (χ0n) is 14.9.